The molecule has 0 saturated carbocycles. The highest BCUT2D eigenvalue weighted by Crippen LogP contribution is 2.29. The number of benzene rings is 3. The van der Waals surface area contributed by atoms with E-state index >= 15 is 0 Å². The van der Waals surface area contributed by atoms with E-state index in [0.29, 0.717) is 31.9 Å². The number of aryl methyl sites for hydroxylation is 1. The first-order chi connectivity index (χ1) is 16.8. The van der Waals surface area contributed by atoms with Gasteiger partial charge in [0.05, 0.1) is 23.4 Å². The van der Waals surface area contributed by atoms with Gasteiger partial charge in [0.25, 0.3) is 10.0 Å². The molecule has 7 nitrogen and oxygen atoms in total. The summed E-state index contributed by atoms with van der Waals surface area (Å²) in [5, 5.41) is 0. The monoisotopic (exact) mass is 557 g/mol. The Hall–Kier alpha value is -3.04. The second-order valence-corrected chi connectivity index (χ2v) is 11.1. The largest absolute Gasteiger partial charge is 0.495 e. The lowest BCUT2D eigenvalue weighted by atomic mass is 10.2. The van der Waals surface area contributed by atoms with E-state index in [-0.39, 0.29) is 17.3 Å². The molecule has 1 aliphatic rings. The van der Waals surface area contributed by atoms with Crippen molar-refractivity contribution in [2.75, 3.05) is 49.0 Å². The van der Waals surface area contributed by atoms with Gasteiger partial charge in [0.15, 0.2) is 0 Å². The molecule has 4 rings (SSSR count). The van der Waals surface area contributed by atoms with Gasteiger partial charge in [-0.2, -0.15) is 0 Å². The number of nitrogens with zero attached hydrogens (tertiary/aromatic N) is 3. The van der Waals surface area contributed by atoms with Gasteiger partial charge in [-0.15, -0.1) is 0 Å². The first kappa shape index (κ1) is 25.1. The minimum atomic E-state index is -3.94. The van der Waals surface area contributed by atoms with Crippen molar-refractivity contribution in [3.63, 3.8) is 0 Å². The molecule has 3 aromatic rings. The molecule has 0 spiro atoms. The van der Waals surface area contributed by atoms with E-state index in [1.807, 2.05) is 31.2 Å². The van der Waals surface area contributed by atoms with Gasteiger partial charge < -0.3 is 14.5 Å². The zero-order valence-corrected chi connectivity index (χ0v) is 22.1. The SMILES string of the molecule is COc1ccccc1N1CCN(C(=O)CN(c2ccc(Br)cc2)S(=O)(=O)c2ccc(C)cc2)CC1. The lowest BCUT2D eigenvalue weighted by molar-refractivity contribution is -0.129. The highest BCUT2D eigenvalue weighted by molar-refractivity contribution is 9.10. The van der Waals surface area contributed by atoms with Crippen LogP contribution in [-0.2, 0) is 14.8 Å². The number of hydrogen-bond donors (Lipinski definition) is 0. The number of rotatable bonds is 7. The number of carbonyl (C=O) groups is 1. The molecule has 1 amide bonds. The van der Waals surface area contributed by atoms with E-state index in [2.05, 4.69) is 20.8 Å². The maximum atomic E-state index is 13.6. The molecule has 1 saturated heterocycles. The van der Waals surface area contributed by atoms with E-state index in [4.69, 9.17) is 4.74 Å². The van der Waals surface area contributed by atoms with Crippen LogP contribution < -0.4 is 13.9 Å². The summed E-state index contributed by atoms with van der Waals surface area (Å²) in [5.41, 5.74) is 2.39. The Labute approximate surface area is 215 Å². The topological polar surface area (TPSA) is 70.2 Å². The molecule has 0 radical (unpaired) electrons. The minimum absolute atomic E-state index is 0.153. The Morgan fingerprint density at radius 1 is 0.943 bits per heavy atom. The van der Waals surface area contributed by atoms with Crippen molar-refractivity contribution in [3.8, 4) is 5.75 Å². The number of anilines is 2. The van der Waals surface area contributed by atoms with Gasteiger partial charge in [-0.3, -0.25) is 9.10 Å². The van der Waals surface area contributed by atoms with Gasteiger partial charge in [-0.05, 0) is 55.5 Å². The fraction of sp³-hybridized carbons (Fsp3) is 0.269. The van der Waals surface area contributed by atoms with Crippen LogP contribution in [0.4, 0.5) is 11.4 Å². The zero-order chi connectivity index (χ0) is 25.0. The number of ether oxygens (including phenoxy) is 1. The third-order valence-electron chi connectivity index (χ3n) is 6.06. The number of hydrogen-bond acceptors (Lipinski definition) is 5. The van der Waals surface area contributed by atoms with Crippen LogP contribution in [0.15, 0.2) is 82.2 Å². The fourth-order valence-corrected chi connectivity index (χ4v) is 5.75. The summed E-state index contributed by atoms with van der Waals surface area (Å²) in [5.74, 6) is 0.557. The van der Waals surface area contributed by atoms with Crippen molar-refractivity contribution in [3.05, 3.63) is 82.8 Å². The summed E-state index contributed by atoms with van der Waals surface area (Å²) >= 11 is 3.39. The maximum Gasteiger partial charge on any atom is 0.264 e. The number of para-hydroxylation sites is 2. The molecule has 1 aliphatic heterocycles. The number of carbonyl (C=O) groups excluding carboxylic acids is 1. The molecule has 3 aromatic carbocycles. The van der Waals surface area contributed by atoms with Crippen LogP contribution in [0.2, 0.25) is 0 Å². The molecule has 9 heteroatoms. The molecular formula is C26H28BrN3O4S. The van der Waals surface area contributed by atoms with Gasteiger partial charge in [-0.1, -0.05) is 45.8 Å². The zero-order valence-electron chi connectivity index (χ0n) is 19.7. The molecule has 184 valence electrons. The molecule has 35 heavy (non-hydrogen) atoms. The van der Waals surface area contributed by atoms with Gasteiger partial charge in [0.1, 0.15) is 12.3 Å². The van der Waals surface area contributed by atoms with Crippen molar-refractivity contribution < 1.29 is 17.9 Å². The molecule has 1 fully saturated rings. The van der Waals surface area contributed by atoms with Gasteiger partial charge >= 0.3 is 0 Å². The van der Waals surface area contributed by atoms with Gasteiger partial charge in [0, 0.05) is 30.7 Å². The Morgan fingerprint density at radius 2 is 1.57 bits per heavy atom. The lowest BCUT2D eigenvalue weighted by Crippen LogP contribution is -2.52. The Kier molecular flexibility index (Phi) is 7.66. The van der Waals surface area contributed by atoms with Crippen molar-refractivity contribution >= 4 is 43.2 Å². The molecule has 0 aliphatic carbocycles. The predicted octanol–water partition coefficient (Wildman–Crippen LogP) is 4.31. The van der Waals surface area contributed by atoms with Crippen LogP contribution >= 0.6 is 15.9 Å². The normalized spacial score (nSPS) is 14.0. The highest BCUT2D eigenvalue weighted by atomic mass is 79.9. The van der Waals surface area contributed by atoms with Crippen LogP contribution in [0.5, 0.6) is 5.75 Å². The first-order valence-electron chi connectivity index (χ1n) is 11.3. The van der Waals surface area contributed by atoms with Crippen LogP contribution in [0, 0.1) is 6.92 Å². The first-order valence-corrected chi connectivity index (χ1v) is 13.5. The maximum absolute atomic E-state index is 13.6. The van der Waals surface area contributed by atoms with E-state index in [9.17, 15) is 13.2 Å². The molecule has 0 unspecified atom stereocenters. The molecular weight excluding hydrogens is 530 g/mol. The van der Waals surface area contributed by atoms with Crippen molar-refractivity contribution in [1.29, 1.82) is 0 Å². The standard InChI is InChI=1S/C26H28BrN3O4S/c1-20-7-13-23(14-8-20)35(32,33)30(22-11-9-21(27)10-12-22)19-26(31)29-17-15-28(16-18-29)24-5-3-4-6-25(24)34-2/h3-14H,15-19H2,1-2H3. The van der Waals surface area contributed by atoms with Crippen LogP contribution in [0.3, 0.4) is 0 Å². The van der Waals surface area contributed by atoms with Crippen LogP contribution in [0.1, 0.15) is 5.56 Å². The summed E-state index contributed by atoms with van der Waals surface area (Å²) in [7, 11) is -2.29. The Morgan fingerprint density at radius 3 is 2.20 bits per heavy atom. The summed E-state index contributed by atoms with van der Waals surface area (Å²) in [6.07, 6.45) is 0. The number of methoxy groups -OCH3 is 1. The number of amides is 1. The van der Waals surface area contributed by atoms with Gasteiger partial charge in [-0.25, -0.2) is 8.42 Å². The second kappa shape index (κ2) is 10.7. The third kappa shape index (κ3) is 5.62. The summed E-state index contributed by atoms with van der Waals surface area (Å²) in [6, 6.07) is 21.4. The summed E-state index contributed by atoms with van der Waals surface area (Å²) < 4.78 is 34.6. The van der Waals surface area contributed by atoms with Gasteiger partial charge in [0.2, 0.25) is 5.91 Å². The van der Waals surface area contributed by atoms with E-state index in [0.717, 1.165) is 21.5 Å². The van der Waals surface area contributed by atoms with Crippen molar-refractivity contribution in [1.82, 2.24) is 4.90 Å². The smallest absolute Gasteiger partial charge is 0.264 e. The average molecular weight is 558 g/mol. The predicted molar refractivity (Wildman–Crippen MR) is 142 cm³/mol. The average Bonchev–Trinajstić information content (AvgIpc) is 2.88. The number of piperazine rings is 1. The Balaban J connectivity index is 1.53. The van der Waals surface area contributed by atoms with Crippen molar-refractivity contribution in [2.45, 2.75) is 11.8 Å². The molecule has 0 N–H and O–H groups in total. The Bertz CT molecular complexity index is 1270. The fourth-order valence-electron chi connectivity index (χ4n) is 4.07. The van der Waals surface area contributed by atoms with Crippen LogP contribution in [0.25, 0.3) is 0 Å². The van der Waals surface area contributed by atoms with Crippen LogP contribution in [-0.4, -0.2) is 59.1 Å². The minimum Gasteiger partial charge on any atom is -0.495 e. The third-order valence-corrected chi connectivity index (χ3v) is 8.38. The molecule has 1 heterocycles. The van der Waals surface area contributed by atoms with E-state index in [1.54, 1.807) is 60.5 Å². The quantitative estimate of drug-likeness (QED) is 0.433. The number of sulfonamides is 1. The van der Waals surface area contributed by atoms with E-state index in [1.165, 1.54) is 4.31 Å². The number of halogens is 1. The summed E-state index contributed by atoms with van der Waals surface area (Å²) in [6.45, 7) is 3.89. The lowest BCUT2D eigenvalue weighted by Gasteiger charge is -2.37. The highest BCUT2D eigenvalue weighted by Gasteiger charge is 2.30. The molecule has 0 aromatic heterocycles. The summed E-state index contributed by atoms with van der Waals surface area (Å²) in [4.78, 5) is 17.4. The molecule has 0 bridgehead atoms. The molecule has 0 atom stereocenters. The van der Waals surface area contributed by atoms with Crippen molar-refractivity contribution in [2.24, 2.45) is 0 Å². The second-order valence-electron chi connectivity index (χ2n) is 8.34. The van der Waals surface area contributed by atoms with E-state index < -0.39 is 10.0 Å².